The summed E-state index contributed by atoms with van der Waals surface area (Å²) >= 11 is 0. The summed E-state index contributed by atoms with van der Waals surface area (Å²) in [5.74, 6) is 1.39. The van der Waals surface area contributed by atoms with E-state index in [0.717, 1.165) is 12.1 Å². The molecule has 5 nitrogen and oxygen atoms in total. The lowest BCUT2D eigenvalue weighted by Crippen LogP contribution is -2.33. The fraction of sp³-hybridized carbons (Fsp3) is 0.500. The zero-order chi connectivity index (χ0) is 14.3. The zero-order valence-corrected chi connectivity index (χ0v) is 13.3. The van der Waals surface area contributed by atoms with Gasteiger partial charge in [0.2, 0.25) is 5.91 Å². The standard InChI is InChI=1S/C14H22N2O3.ClH/c1-15-8-9-16(2)14(17)10-11-12(18-3)6-5-7-13(11)19-4;/h5-7,15H,8-10H2,1-4H3;1H. The van der Waals surface area contributed by atoms with Crippen molar-refractivity contribution in [3.8, 4) is 11.5 Å². The molecule has 0 saturated heterocycles. The molecule has 1 aromatic rings. The third-order valence-corrected chi connectivity index (χ3v) is 2.98. The fourth-order valence-electron chi connectivity index (χ4n) is 1.79. The number of benzene rings is 1. The highest BCUT2D eigenvalue weighted by Gasteiger charge is 2.16. The number of halogens is 1. The minimum absolute atomic E-state index is 0. The molecule has 1 rings (SSSR count). The number of hydrogen-bond donors (Lipinski definition) is 1. The molecule has 0 aliphatic rings. The number of ether oxygens (including phenoxy) is 2. The second-order valence-corrected chi connectivity index (χ2v) is 4.24. The van der Waals surface area contributed by atoms with Gasteiger partial charge in [-0.3, -0.25) is 4.79 Å². The Hall–Kier alpha value is -1.46. The molecule has 0 bridgehead atoms. The first-order chi connectivity index (χ1) is 9.13. The predicted octanol–water partition coefficient (Wildman–Crippen LogP) is 1.35. The molecule has 0 unspecified atom stereocenters. The van der Waals surface area contributed by atoms with Crippen molar-refractivity contribution in [2.24, 2.45) is 0 Å². The quantitative estimate of drug-likeness (QED) is 0.826. The Morgan fingerprint density at radius 3 is 2.25 bits per heavy atom. The van der Waals surface area contributed by atoms with Crippen LogP contribution in [0.1, 0.15) is 5.56 Å². The van der Waals surface area contributed by atoms with Gasteiger partial charge < -0.3 is 19.7 Å². The summed E-state index contributed by atoms with van der Waals surface area (Å²) in [6.45, 7) is 1.44. The topological polar surface area (TPSA) is 50.8 Å². The summed E-state index contributed by atoms with van der Waals surface area (Å²) in [6, 6.07) is 5.51. The molecule has 114 valence electrons. The molecule has 1 amide bonds. The maximum atomic E-state index is 12.1. The van der Waals surface area contributed by atoms with Crippen LogP contribution in [0.2, 0.25) is 0 Å². The molecule has 0 atom stereocenters. The van der Waals surface area contributed by atoms with E-state index in [-0.39, 0.29) is 24.7 Å². The van der Waals surface area contributed by atoms with Crippen LogP contribution in [-0.4, -0.2) is 52.2 Å². The molecular formula is C14H23ClN2O3. The van der Waals surface area contributed by atoms with Crippen LogP contribution >= 0.6 is 12.4 Å². The number of carbonyl (C=O) groups is 1. The molecule has 0 aliphatic heterocycles. The number of methoxy groups -OCH3 is 2. The van der Waals surface area contributed by atoms with Crippen molar-refractivity contribution in [2.75, 3.05) is 41.4 Å². The molecule has 0 saturated carbocycles. The molecule has 0 heterocycles. The van der Waals surface area contributed by atoms with Crippen molar-refractivity contribution in [1.82, 2.24) is 10.2 Å². The number of nitrogens with zero attached hydrogens (tertiary/aromatic N) is 1. The zero-order valence-electron chi connectivity index (χ0n) is 12.4. The van der Waals surface area contributed by atoms with Gasteiger partial charge in [0.1, 0.15) is 11.5 Å². The van der Waals surface area contributed by atoms with E-state index < -0.39 is 0 Å². The summed E-state index contributed by atoms with van der Waals surface area (Å²) in [5.41, 5.74) is 0.786. The Kier molecular flexibility index (Phi) is 8.76. The minimum Gasteiger partial charge on any atom is -0.496 e. The minimum atomic E-state index is 0. The van der Waals surface area contributed by atoms with E-state index in [1.165, 1.54) is 0 Å². The van der Waals surface area contributed by atoms with Crippen LogP contribution in [-0.2, 0) is 11.2 Å². The molecule has 0 aliphatic carbocycles. The van der Waals surface area contributed by atoms with Crippen LogP contribution in [0.15, 0.2) is 18.2 Å². The molecular weight excluding hydrogens is 280 g/mol. The summed E-state index contributed by atoms with van der Waals surface area (Å²) < 4.78 is 10.6. The van der Waals surface area contributed by atoms with Gasteiger partial charge in [0.25, 0.3) is 0 Å². The Bertz CT molecular complexity index is 405. The van der Waals surface area contributed by atoms with Gasteiger partial charge in [0.05, 0.1) is 20.6 Å². The summed E-state index contributed by atoms with van der Waals surface area (Å²) in [5, 5.41) is 3.02. The maximum Gasteiger partial charge on any atom is 0.227 e. The number of carbonyl (C=O) groups excluding carboxylic acids is 1. The second-order valence-electron chi connectivity index (χ2n) is 4.24. The Morgan fingerprint density at radius 2 is 1.80 bits per heavy atom. The van der Waals surface area contributed by atoms with Gasteiger partial charge in [-0.2, -0.15) is 0 Å². The maximum absolute atomic E-state index is 12.1. The van der Waals surface area contributed by atoms with Gasteiger partial charge in [0.15, 0.2) is 0 Å². The van der Waals surface area contributed by atoms with Crippen LogP contribution in [0.4, 0.5) is 0 Å². The van der Waals surface area contributed by atoms with Crippen molar-refractivity contribution in [3.05, 3.63) is 23.8 Å². The van der Waals surface area contributed by atoms with Crippen molar-refractivity contribution >= 4 is 18.3 Å². The van der Waals surface area contributed by atoms with E-state index in [4.69, 9.17) is 9.47 Å². The van der Waals surface area contributed by atoms with Crippen LogP contribution < -0.4 is 14.8 Å². The molecule has 0 aromatic heterocycles. The first-order valence-electron chi connectivity index (χ1n) is 6.22. The average molecular weight is 303 g/mol. The van der Waals surface area contributed by atoms with Gasteiger partial charge in [-0.05, 0) is 19.2 Å². The largest absolute Gasteiger partial charge is 0.496 e. The van der Waals surface area contributed by atoms with Gasteiger partial charge in [-0.1, -0.05) is 6.07 Å². The fourth-order valence-corrected chi connectivity index (χ4v) is 1.79. The van der Waals surface area contributed by atoms with Crippen LogP contribution in [0, 0.1) is 0 Å². The Labute approximate surface area is 126 Å². The number of likely N-dealkylation sites (N-methyl/N-ethyl adjacent to an activating group) is 2. The third kappa shape index (κ3) is 4.90. The Morgan fingerprint density at radius 1 is 1.25 bits per heavy atom. The van der Waals surface area contributed by atoms with Crippen LogP contribution in [0.25, 0.3) is 0 Å². The lowest BCUT2D eigenvalue weighted by atomic mass is 10.1. The normalized spacial score (nSPS) is 9.60. The van der Waals surface area contributed by atoms with E-state index >= 15 is 0 Å². The molecule has 0 fully saturated rings. The van der Waals surface area contributed by atoms with E-state index in [0.29, 0.717) is 18.0 Å². The summed E-state index contributed by atoms with van der Waals surface area (Å²) in [7, 11) is 6.84. The van der Waals surface area contributed by atoms with E-state index in [9.17, 15) is 4.79 Å². The summed E-state index contributed by atoms with van der Waals surface area (Å²) in [6.07, 6.45) is 0.271. The molecule has 0 radical (unpaired) electrons. The smallest absolute Gasteiger partial charge is 0.227 e. The van der Waals surface area contributed by atoms with E-state index in [1.807, 2.05) is 25.2 Å². The third-order valence-electron chi connectivity index (χ3n) is 2.98. The average Bonchev–Trinajstić information content (AvgIpc) is 2.44. The first kappa shape index (κ1) is 18.5. The number of rotatable bonds is 7. The van der Waals surface area contributed by atoms with Crippen molar-refractivity contribution in [3.63, 3.8) is 0 Å². The number of nitrogens with one attached hydrogen (secondary N) is 1. The SMILES string of the molecule is CNCCN(C)C(=O)Cc1c(OC)cccc1OC.Cl. The van der Waals surface area contributed by atoms with Crippen molar-refractivity contribution < 1.29 is 14.3 Å². The van der Waals surface area contributed by atoms with E-state index in [2.05, 4.69) is 5.32 Å². The van der Waals surface area contributed by atoms with Gasteiger partial charge in [0, 0.05) is 25.7 Å². The highest BCUT2D eigenvalue weighted by Crippen LogP contribution is 2.28. The lowest BCUT2D eigenvalue weighted by molar-refractivity contribution is -0.129. The van der Waals surface area contributed by atoms with Crippen molar-refractivity contribution in [1.29, 1.82) is 0 Å². The number of hydrogen-bond acceptors (Lipinski definition) is 4. The first-order valence-corrected chi connectivity index (χ1v) is 6.22. The Balaban J connectivity index is 0.00000361. The molecule has 6 heteroatoms. The van der Waals surface area contributed by atoms with E-state index in [1.54, 1.807) is 26.2 Å². The van der Waals surface area contributed by atoms with Crippen LogP contribution in [0.5, 0.6) is 11.5 Å². The highest BCUT2D eigenvalue weighted by atomic mass is 35.5. The van der Waals surface area contributed by atoms with Crippen LogP contribution in [0.3, 0.4) is 0 Å². The summed E-state index contributed by atoms with van der Waals surface area (Å²) in [4.78, 5) is 13.8. The second kappa shape index (κ2) is 9.44. The predicted molar refractivity (Wildman–Crippen MR) is 82.1 cm³/mol. The van der Waals surface area contributed by atoms with Gasteiger partial charge in [-0.25, -0.2) is 0 Å². The lowest BCUT2D eigenvalue weighted by Gasteiger charge is -2.19. The van der Waals surface area contributed by atoms with Crippen molar-refractivity contribution in [2.45, 2.75) is 6.42 Å². The highest BCUT2D eigenvalue weighted by molar-refractivity contribution is 5.85. The number of amides is 1. The molecule has 1 aromatic carbocycles. The molecule has 1 N–H and O–H groups in total. The monoisotopic (exact) mass is 302 g/mol. The van der Waals surface area contributed by atoms with Gasteiger partial charge >= 0.3 is 0 Å². The molecule has 20 heavy (non-hydrogen) atoms. The van der Waals surface area contributed by atoms with Gasteiger partial charge in [-0.15, -0.1) is 12.4 Å². The molecule has 0 spiro atoms.